The minimum atomic E-state index is -0.0775. The molecule has 3 aromatic heterocycles. The number of aromatic nitrogens is 3. The van der Waals surface area contributed by atoms with Gasteiger partial charge in [0, 0.05) is 37.1 Å². The summed E-state index contributed by atoms with van der Waals surface area (Å²) in [4.78, 5) is 28.4. The predicted octanol–water partition coefficient (Wildman–Crippen LogP) is 2.67. The molecular weight excluding hydrogens is 376 g/mol. The minimum absolute atomic E-state index is 0.0775. The second-order valence-electron chi connectivity index (χ2n) is 7.19. The molecule has 148 valence electrons. The number of amides is 1. The Labute approximate surface area is 167 Å². The van der Waals surface area contributed by atoms with E-state index < -0.39 is 0 Å². The Morgan fingerprint density at radius 2 is 1.93 bits per heavy atom. The van der Waals surface area contributed by atoms with Gasteiger partial charge in [0.05, 0.1) is 11.9 Å². The third-order valence-electron chi connectivity index (χ3n) is 5.06. The third-order valence-corrected chi connectivity index (χ3v) is 6.16. The molecule has 3 aromatic rings. The maximum atomic E-state index is 12.2. The van der Waals surface area contributed by atoms with Gasteiger partial charge in [0.1, 0.15) is 22.2 Å². The molecule has 0 atom stereocenters. The Morgan fingerprint density at radius 1 is 1.18 bits per heavy atom. The summed E-state index contributed by atoms with van der Waals surface area (Å²) in [5, 5.41) is 7.74. The van der Waals surface area contributed by atoms with Gasteiger partial charge in [-0.05, 0) is 33.3 Å². The van der Waals surface area contributed by atoms with Gasteiger partial charge in [0.2, 0.25) is 5.91 Å². The SMILES string of the molecule is Cc1nc(N2CCN(CC(=O)Nc3cc(C)on3)CC2)c2c(C)c(C)sc2n1. The number of fused-ring (bicyclic) bond motifs is 1. The van der Waals surface area contributed by atoms with E-state index in [1.54, 1.807) is 24.3 Å². The fraction of sp³-hybridized carbons (Fsp3) is 0.474. The Morgan fingerprint density at radius 3 is 2.61 bits per heavy atom. The molecule has 4 heterocycles. The number of nitrogens with zero attached hydrogens (tertiary/aromatic N) is 5. The molecule has 1 fully saturated rings. The summed E-state index contributed by atoms with van der Waals surface area (Å²) in [6, 6.07) is 1.71. The highest BCUT2D eigenvalue weighted by Gasteiger charge is 2.24. The monoisotopic (exact) mass is 400 g/mol. The van der Waals surface area contributed by atoms with E-state index in [1.807, 2.05) is 6.92 Å². The molecule has 0 aromatic carbocycles. The molecule has 1 amide bonds. The molecule has 1 aliphatic heterocycles. The van der Waals surface area contributed by atoms with Crippen LogP contribution >= 0.6 is 11.3 Å². The van der Waals surface area contributed by atoms with Gasteiger partial charge < -0.3 is 14.7 Å². The summed E-state index contributed by atoms with van der Waals surface area (Å²) in [6.07, 6.45) is 0. The number of thiophene rings is 1. The fourth-order valence-electron chi connectivity index (χ4n) is 3.49. The number of hydrogen-bond donors (Lipinski definition) is 1. The summed E-state index contributed by atoms with van der Waals surface area (Å²) in [5.41, 5.74) is 1.26. The first kappa shape index (κ1) is 18.8. The maximum absolute atomic E-state index is 12.2. The molecule has 28 heavy (non-hydrogen) atoms. The number of rotatable bonds is 4. The zero-order valence-electron chi connectivity index (χ0n) is 16.6. The van der Waals surface area contributed by atoms with E-state index in [-0.39, 0.29) is 5.91 Å². The average Bonchev–Trinajstić information content (AvgIpc) is 3.17. The van der Waals surface area contributed by atoms with Gasteiger partial charge in [-0.25, -0.2) is 9.97 Å². The summed E-state index contributed by atoms with van der Waals surface area (Å²) in [6.45, 7) is 11.6. The minimum Gasteiger partial charge on any atom is -0.360 e. The van der Waals surface area contributed by atoms with Crippen molar-refractivity contribution < 1.29 is 9.32 Å². The van der Waals surface area contributed by atoms with Crippen molar-refractivity contribution in [3.8, 4) is 0 Å². The molecule has 1 saturated heterocycles. The van der Waals surface area contributed by atoms with Crippen LogP contribution in [0.1, 0.15) is 22.0 Å². The highest BCUT2D eigenvalue weighted by Crippen LogP contribution is 2.35. The second-order valence-corrected chi connectivity index (χ2v) is 8.40. The van der Waals surface area contributed by atoms with Crippen molar-refractivity contribution in [2.75, 3.05) is 42.9 Å². The molecule has 0 bridgehead atoms. The Bertz CT molecular complexity index is 1020. The van der Waals surface area contributed by atoms with Crippen LogP contribution in [0.25, 0.3) is 10.2 Å². The topological polar surface area (TPSA) is 87.4 Å². The molecule has 0 radical (unpaired) electrons. The van der Waals surface area contributed by atoms with Gasteiger partial charge in [-0.2, -0.15) is 0 Å². The molecule has 8 nitrogen and oxygen atoms in total. The molecule has 1 aliphatic rings. The van der Waals surface area contributed by atoms with Crippen LogP contribution in [0, 0.1) is 27.7 Å². The smallest absolute Gasteiger partial charge is 0.239 e. The van der Waals surface area contributed by atoms with Crippen LogP contribution in [-0.4, -0.2) is 58.7 Å². The van der Waals surface area contributed by atoms with E-state index in [2.05, 4.69) is 39.1 Å². The van der Waals surface area contributed by atoms with Gasteiger partial charge in [-0.3, -0.25) is 9.69 Å². The zero-order chi connectivity index (χ0) is 19.8. The van der Waals surface area contributed by atoms with Crippen molar-refractivity contribution in [2.45, 2.75) is 27.7 Å². The number of nitrogens with one attached hydrogen (secondary N) is 1. The van der Waals surface area contributed by atoms with Gasteiger partial charge in [0.15, 0.2) is 5.82 Å². The highest BCUT2D eigenvalue weighted by atomic mass is 32.1. The maximum Gasteiger partial charge on any atom is 0.239 e. The average molecular weight is 401 g/mol. The fourth-order valence-corrected chi connectivity index (χ4v) is 4.56. The quantitative estimate of drug-likeness (QED) is 0.720. The highest BCUT2D eigenvalue weighted by molar-refractivity contribution is 7.18. The van der Waals surface area contributed by atoms with Crippen molar-refractivity contribution in [3.63, 3.8) is 0 Å². The number of hydrogen-bond acceptors (Lipinski definition) is 8. The first-order valence-electron chi connectivity index (χ1n) is 9.35. The van der Waals surface area contributed by atoms with E-state index in [0.717, 1.165) is 42.7 Å². The molecule has 9 heteroatoms. The van der Waals surface area contributed by atoms with Crippen molar-refractivity contribution in [1.82, 2.24) is 20.0 Å². The molecule has 0 aliphatic carbocycles. The first-order chi connectivity index (χ1) is 13.4. The lowest BCUT2D eigenvalue weighted by Gasteiger charge is -2.35. The Kier molecular flexibility index (Phi) is 5.03. The largest absolute Gasteiger partial charge is 0.360 e. The van der Waals surface area contributed by atoms with Crippen LogP contribution in [0.5, 0.6) is 0 Å². The van der Waals surface area contributed by atoms with Crippen molar-refractivity contribution >= 4 is 39.1 Å². The summed E-state index contributed by atoms with van der Waals surface area (Å²) >= 11 is 1.73. The number of carbonyl (C=O) groups excluding carboxylic acids is 1. The molecule has 0 spiro atoms. The van der Waals surface area contributed by atoms with Crippen LogP contribution in [0.2, 0.25) is 0 Å². The van der Waals surface area contributed by atoms with Crippen LogP contribution in [0.3, 0.4) is 0 Å². The van der Waals surface area contributed by atoms with Crippen LogP contribution in [-0.2, 0) is 4.79 Å². The van der Waals surface area contributed by atoms with Gasteiger partial charge in [0.25, 0.3) is 0 Å². The molecule has 1 N–H and O–H groups in total. The molecule has 0 saturated carbocycles. The lowest BCUT2D eigenvalue weighted by atomic mass is 10.2. The lowest BCUT2D eigenvalue weighted by Crippen LogP contribution is -2.49. The summed E-state index contributed by atoms with van der Waals surface area (Å²) in [7, 11) is 0. The first-order valence-corrected chi connectivity index (χ1v) is 10.2. The van der Waals surface area contributed by atoms with E-state index in [4.69, 9.17) is 9.51 Å². The Balaban J connectivity index is 1.42. The van der Waals surface area contributed by atoms with E-state index in [1.165, 1.54) is 15.8 Å². The third kappa shape index (κ3) is 3.72. The Hall–Kier alpha value is -2.52. The van der Waals surface area contributed by atoms with Crippen molar-refractivity contribution in [3.05, 3.63) is 28.1 Å². The number of aryl methyl sites for hydroxylation is 4. The summed E-state index contributed by atoms with van der Waals surface area (Å²) < 4.78 is 4.98. The zero-order valence-corrected chi connectivity index (χ0v) is 17.4. The second kappa shape index (κ2) is 7.48. The van der Waals surface area contributed by atoms with Crippen LogP contribution in [0.4, 0.5) is 11.6 Å². The van der Waals surface area contributed by atoms with Crippen molar-refractivity contribution in [1.29, 1.82) is 0 Å². The van der Waals surface area contributed by atoms with Crippen LogP contribution < -0.4 is 10.2 Å². The molecular formula is C19H24N6O2S. The van der Waals surface area contributed by atoms with Gasteiger partial charge in [-0.15, -0.1) is 11.3 Å². The van der Waals surface area contributed by atoms with Gasteiger partial charge in [-0.1, -0.05) is 5.16 Å². The normalized spacial score (nSPS) is 15.4. The number of carbonyl (C=O) groups is 1. The van der Waals surface area contributed by atoms with E-state index in [0.29, 0.717) is 18.1 Å². The van der Waals surface area contributed by atoms with Crippen molar-refractivity contribution in [2.24, 2.45) is 0 Å². The molecule has 0 unspecified atom stereocenters. The van der Waals surface area contributed by atoms with Crippen LogP contribution in [0.15, 0.2) is 10.6 Å². The van der Waals surface area contributed by atoms with E-state index >= 15 is 0 Å². The number of anilines is 2. The predicted molar refractivity (Wildman–Crippen MR) is 110 cm³/mol. The lowest BCUT2D eigenvalue weighted by molar-refractivity contribution is -0.117. The number of piperazine rings is 1. The molecule has 4 rings (SSSR count). The standard InChI is InChI=1S/C19H24N6O2S/c1-11-9-15(23-27-11)22-16(26)10-24-5-7-25(8-6-24)18-17-12(2)13(3)28-19(17)21-14(4)20-18/h9H,5-8,10H2,1-4H3,(H,22,23,26). The van der Waals surface area contributed by atoms with Gasteiger partial charge >= 0.3 is 0 Å². The summed E-state index contributed by atoms with van der Waals surface area (Å²) in [5.74, 6) is 2.88. The van der Waals surface area contributed by atoms with E-state index in [9.17, 15) is 4.79 Å².